The van der Waals surface area contributed by atoms with Crippen molar-refractivity contribution in [2.24, 2.45) is 35.1 Å². The highest BCUT2D eigenvalue weighted by molar-refractivity contribution is 4.90. The third kappa shape index (κ3) is 1.75. The fourth-order valence-corrected chi connectivity index (χ4v) is 3.49. The van der Waals surface area contributed by atoms with Crippen LogP contribution < -0.4 is 11.5 Å². The van der Waals surface area contributed by atoms with Gasteiger partial charge in [-0.1, -0.05) is 0 Å². The summed E-state index contributed by atoms with van der Waals surface area (Å²) >= 11 is 0. The number of nitrogens with two attached hydrogens (primary N) is 2. The number of hydrogen-bond donors (Lipinski definition) is 2. The molecule has 0 aromatic heterocycles. The van der Waals surface area contributed by atoms with Crippen LogP contribution in [0.2, 0.25) is 0 Å². The van der Waals surface area contributed by atoms with Gasteiger partial charge in [0.15, 0.2) is 0 Å². The van der Waals surface area contributed by atoms with E-state index < -0.39 is 0 Å². The Morgan fingerprint density at radius 1 is 0.923 bits per heavy atom. The maximum absolute atomic E-state index is 5.78. The first kappa shape index (κ1) is 9.47. The van der Waals surface area contributed by atoms with Gasteiger partial charge in [0.1, 0.15) is 0 Å². The van der Waals surface area contributed by atoms with Crippen molar-refractivity contribution in [3.8, 4) is 0 Å². The lowest BCUT2D eigenvalue weighted by molar-refractivity contribution is 0.182. The maximum Gasteiger partial charge on any atom is -0.00461 e. The predicted octanol–water partition coefficient (Wildman–Crippen LogP) is 1.35. The van der Waals surface area contributed by atoms with E-state index in [-0.39, 0.29) is 0 Å². The molecule has 2 fully saturated rings. The molecule has 0 saturated heterocycles. The van der Waals surface area contributed by atoms with E-state index in [1.54, 1.807) is 0 Å². The van der Waals surface area contributed by atoms with Crippen LogP contribution in [0.25, 0.3) is 0 Å². The molecule has 13 heavy (non-hydrogen) atoms. The molecule has 2 heteroatoms. The molecule has 2 saturated carbocycles. The van der Waals surface area contributed by atoms with Gasteiger partial charge in [-0.3, -0.25) is 0 Å². The quantitative estimate of drug-likeness (QED) is 0.677. The molecule has 2 rings (SSSR count). The Labute approximate surface area is 81.1 Å². The largest absolute Gasteiger partial charge is 0.330 e. The van der Waals surface area contributed by atoms with E-state index in [1.807, 2.05) is 0 Å². The van der Waals surface area contributed by atoms with Gasteiger partial charge in [0.25, 0.3) is 0 Å². The summed E-state index contributed by atoms with van der Waals surface area (Å²) in [6, 6.07) is 0. The fourth-order valence-electron chi connectivity index (χ4n) is 3.49. The van der Waals surface area contributed by atoms with Crippen LogP contribution in [0.15, 0.2) is 0 Å². The summed E-state index contributed by atoms with van der Waals surface area (Å²) in [5.41, 5.74) is 11.5. The summed E-state index contributed by atoms with van der Waals surface area (Å²) in [6.07, 6.45) is 6.94. The van der Waals surface area contributed by atoms with Crippen molar-refractivity contribution in [2.75, 3.05) is 13.1 Å². The van der Waals surface area contributed by atoms with Gasteiger partial charge in [-0.2, -0.15) is 0 Å². The molecule has 0 aromatic rings. The van der Waals surface area contributed by atoms with E-state index in [2.05, 4.69) is 0 Å². The second kappa shape index (κ2) is 3.97. The Bertz CT molecular complexity index is 169. The first-order chi connectivity index (χ1) is 6.35. The average Bonchev–Trinajstić information content (AvgIpc) is 2.59. The third-order valence-corrected chi connectivity index (χ3v) is 4.30. The monoisotopic (exact) mass is 182 g/mol. The molecule has 0 heterocycles. The zero-order valence-electron chi connectivity index (χ0n) is 8.41. The van der Waals surface area contributed by atoms with Gasteiger partial charge >= 0.3 is 0 Å². The maximum atomic E-state index is 5.78. The first-order valence-electron chi connectivity index (χ1n) is 5.75. The number of fused-ring (bicyclic) bond motifs is 1. The summed E-state index contributed by atoms with van der Waals surface area (Å²) in [5, 5.41) is 0. The van der Waals surface area contributed by atoms with Gasteiger partial charge in [0, 0.05) is 0 Å². The van der Waals surface area contributed by atoms with E-state index >= 15 is 0 Å². The molecule has 0 aromatic carbocycles. The Hall–Kier alpha value is -0.0800. The molecule has 0 aliphatic heterocycles. The molecule has 2 nitrogen and oxygen atoms in total. The standard InChI is InChI=1S/C11H22N2/c12-6-8-1-4-11-9(5-8)2-3-10(11)7-13/h8-11H,1-7,12-13H2. The lowest BCUT2D eigenvalue weighted by Crippen LogP contribution is -2.30. The van der Waals surface area contributed by atoms with Crippen molar-refractivity contribution < 1.29 is 0 Å². The van der Waals surface area contributed by atoms with Gasteiger partial charge in [-0.15, -0.1) is 0 Å². The first-order valence-corrected chi connectivity index (χ1v) is 5.75. The number of hydrogen-bond acceptors (Lipinski definition) is 2. The number of rotatable bonds is 2. The molecule has 2 aliphatic rings. The molecule has 0 spiro atoms. The Kier molecular flexibility index (Phi) is 2.89. The SMILES string of the molecule is NCC1CCC2C(CN)CCC2C1. The highest BCUT2D eigenvalue weighted by atomic mass is 14.6. The molecule has 4 atom stereocenters. The van der Waals surface area contributed by atoms with Crippen LogP contribution in [0, 0.1) is 23.7 Å². The molecule has 0 amide bonds. The van der Waals surface area contributed by atoms with Crippen LogP contribution in [-0.4, -0.2) is 13.1 Å². The molecule has 0 bridgehead atoms. The Morgan fingerprint density at radius 3 is 2.46 bits per heavy atom. The van der Waals surface area contributed by atoms with Crippen LogP contribution in [0.5, 0.6) is 0 Å². The van der Waals surface area contributed by atoms with E-state index in [0.717, 1.165) is 36.8 Å². The van der Waals surface area contributed by atoms with E-state index in [4.69, 9.17) is 11.5 Å². The van der Waals surface area contributed by atoms with Crippen LogP contribution >= 0.6 is 0 Å². The van der Waals surface area contributed by atoms with Crippen molar-refractivity contribution in [1.82, 2.24) is 0 Å². The van der Waals surface area contributed by atoms with Gasteiger partial charge in [0.2, 0.25) is 0 Å². The normalized spacial score (nSPS) is 44.8. The zero-order valence-corrected chi connectivity index (χ0v) is 8.41. The van der Waals surface area contributed by atoms with Crippen molar-refractivity contribution >= 4 is 0 Å². The second-order valence-electron chi connectivity index (χ2n) is 4.91. The summed E-state index contributed by atoms with van der Waals surface area (Å²) in [5.74, 6) is 3.57. The average molecular weight is 182 g/mol. The van der Waals surface area contributed by atoms with Gasteiger partial charge in [-0.05, 0) is 68.9 Å². The fraction of sp³-hybridized carbons (Fsp3) is 1.00. The summed E-state index contributed by atoms with van der Waals surface area (Å²) < 4.78 is 0. The van der Waals surface area contributed by atoms with Crippen molar-refractivity contribution in [1.29, 1.82) is 0 Å². The zero-order chi connectivity index (χ0) is 9.26. The van der Waals surface area contributed by atoms with Gasteiger partial charge in [-0.25, -0.2) is 0 Å². The molecule has 76 valence electrons. The molecule has 4 unspecified atom stereocenters. The minimum atomic E-state index is 0.817. The topological polar surface area (TPSA) is 52.0 Å². The Balaban J connectivity index is 1.94. The van der Waals surface area contributed by atoms with Crippen LogP contribution in [-0.2, 0) is 0 Å². The Morgan fingerprint density at radius 2 is 1.77 bits per heavy atom. The van der Waals surface area contributed by atoms with Crippen molar-refractivity contribution in [3.63, 3.8) is 0 Å². The highest BCUT2D eigenvalue weighted by Gasteiger charge is 2.38. The molecule has 0 radical (unpaired) electrons. The van der Waals surface area contributed by atoms with E-state index in [0.29, 0.717) is 0 Å². The van der Waals surface area contributed by atoms with Gasteiger partial charge in [0.05, 0.1) is 0 Å². The lowest BCUT2D eigenvalue weighted by Gasteiger charge is -2.33. The van der Waals surface area contributed by atoms with Gasteiger partial charge < -0.3 is 11.5 Å². The predicted molar refractivity (Wildman–Crippen MR) is 55.2 cm³/mol. The van der Waals surface area contributed by atoms with Crippen LogP contribution in [0.4, 0.5) is 0 Å². The van der Waals surface area contributed by atoms with Crippen molar-refractivity contribution in [2.45, 2.75) is 32.1 Å². The van der Waals surface area contributed by atoms with Crippen molar-refractivity contribution in [3.05, 3.63) is 0 Å². The third-order valence-electron chi connectivity index (χ3n) is 4.30. The molecule has 4 N–H and O–H groups in total. The highest BCUT2D eigenvalue weighted by Crippen LogP contribution is 2.46. The smallest absolute Gasteiger partial charge is 0.00461 e. The molecular weight excluding hydrogens is 160 g/mol. The molecular formula is C11H22N2. The molecule has 2 aliphatic carbocycles. The minimum Gasteiger partial charge on any atom is -0.330 e. The second-order valence-corrected chi connectivity index (χ2v) is 4.91. The van der Waals surface area contributed by atoms with E-state index in [9.17, 15) is 0 Å². The summed E-state index contributed by atoms with van der Waals surface area (Å²) in [6.45, 7) is 1.81. The van der Waals surface area contributed by atoms with Crippen LogP contribution in [0.1, 0.15) is 32.1 Å². The van der Waals surface area contributed by atoms with E-state index in [1.165, 1.54) is 32.1 Å². The summed E-state index contributed by atoms with van der Waals surface area (Å²) in [4.78, 5) is 0. The lowest BCUT2D eigenvalue weighted by atomic mass is 9.73. The minimum absolute atomic E-state index is 0.817. The summed E-state index contributed by atoms with van der Waals surface area (Å²) in [7, 11) is 0. The van der Waals surface area contributed by atoms with Crippen LogP contribution in [0.3, 0.4) is 0 Å².